The van der Waals surface area contributed by atoms with Gasteiger partial charge >= 0.3 is 12.4 Å². The predicted molar refractivity (Wildman–Crippen MR) is 80.1 cm³/mol. The Morgan fingerprint density at radius 2 is 1.17 bits per heavy atom. The second kappa shape index (κ2) is 6.72. The number of nitrogens with one attached hydrogen (secondary N) is 1. The topological polar surface area (TPSA) is 49.9 Å². The number of benzene rings is 2. The van der Waals surface area contributed by atoms with Crippen molar-refractivity contribution in [2.24, 2.45) is 5.73 Å². The molecule has 130 valence electrons. The van der Waals surface area contributed by atoms with Gasteiger partial charge in [0.05, 0.1) is 11.1 Å². The third-order valence-corrected chi connectivity index (χ3v) is 3.12. The van der Waals surface area contributed by atoms with Crippen molar-refractivity contribution in [2.45, 2.75) is 12.4 Å². The molecule has 2 aromatic rings. The predicted octanol–water partition coefficient (Wildman–Crippen LogP) is 5.10. The van der Waals surface area contributed by atoms with Crippen LogP contribution in [-0.2, 0) is 12.4 Å². The zero-order valence-corrected chi connectivity index (χ0v) is 12.6. The molecule has 0 amide bonds. The quantitative estimate of drug-likeness (QED) is 0.432. The van der Waals surface area contributed by atoms with Crippen LogP contribution in [0.2, 0.25) is 0 Å². The lowest BCUT2D eigenvalue weighted by atomic mass is 9.98. The number of hydrogen-bond acceptors (Lipinski definition) is 1. The smallest absolute Gasteiger partial charge is 0.384 e. The molecule has 9 heteroatoms. The largest absolute Gasteiger partial charge is 0.416 e. The first-order chi connectivity index (χ1) is 10.5. The second-order valence-electron chi connectivity index (χ2n) is 4.79. The Kier molecular flexibility index (Phi) is 5.55. The van der Waals surface area contributed by atoms with Gasteiger partial charge < -0.3 is 5.73 Å². The van der Waals surface area contributed by atoms with E-state index in [-0.39, 0.29) is 35.4 Å². The van der Waals surface area contributed by atoms with E-state index in [4.69, 9.17) is 11.1 Å². The zero-order chi connectivity index (χ0) is 17.4. The fourth-order valence-electron chi connectivity index (χ4n) is 1.96. The van der Waals surface area contributed by atoms with Crippen molar-refractivity contribution in [1.29, 1.82) is 5.41 Å². The van der Waals surface area contributed by atoms with Crippen LogP contribution in [0.1, 0.15) is 16.7 Å². The summed E-state index contributed by atoms with van der Waals surface area (Å²) < 4.78 is 76.9. The first kappa shape index (κ1) is 19.8. The van der Waals surface area contributed by atoms with E-state index in [1.54, 1.807) is 0 Å². The van der Waals surface area contributed by atoms with Crippen LogP contribution in [0.5, 0.6) is 0 Å². The van der Waals surface area contributed by atoms with Crippen molar-refractivity contribution in [3.05, 3.63) is 59.2 Å². The minimum absolute atomic E-state index is 0. The molecule has 2 nitrogen and oxygen atoms in total. The maximum atomic E-state index is 12.8. The Balaban J connectivity index is 0.00000288. The van der Waals surface area contributed by atoms with Crippen LogP contribution in [0.4, 0.5) is 26.3 Å². The normalized spacial score (nSPS) is 11.8. The zero-order valence-electron chi connectivity index (χ0n) is 11.8. The van der Waals surface area contributed by atoms with Crippen molar-refractivity contribution in [2.75, 3.05) is 0 Å². The van der Waals surface area contributed by atoms with Gasteiger partial charge in [-0.1, -0.05) is 24.3 Å². The fraction of sp³-hybridized carbons (Fsp3) is 0.133. The first-order valence-corrected chi connectivity index (χ1v) is 6.23. The molecule has 0 atom stereocenters. The number of alkyl halides is 6. The summed E-state index contributed by atoms with van der Waals surface area (Å²) in [4.78, 5) is 0. The molecule has 3 N–H and O–H groups in total. The highest BCUT2D eigenvalue weighted by Gasteiger charge is 2.36. The van der Waals surface area contributed by atoms with Gasteiger partial charge in [0, 0.05) is 5.56 Å². The lowest BCUT2D eigenvalue weighted by Gasteiger charge is -2.14. The van der Waals surface area contributed by atoms with Gasteiger partial charge in [-0.25, -0.2) is 0 Å². The minimum Gasteiger partial charge on any atom is -0.384 e. The third-order valence-electron chi connectivity index (χ3n) is 3.12. The Morgan fingerprint density at radius 3 is 1.50 bits per heavy atom. The molecular weight excluding hydrogens is 358 g/mol. The Hall–Kier alpha value is -2.22. The number of halogens is 7. The molecule has 2 aromatic carbocycles. The van der Waals surface area contributed by atoms with Crippen molar-refractivity contribution in [3.63, 3.8) is 0 Å². The van der Waals surface area contributed by atoms with Gasteiger partial charge in [0.1, 0.15) is 5.84 Å². The van der Waals surface area contributed by atoms with Gasteiger partial charge in [0.15, 0.2) is 0 Å². The molecule has 0 fully saturated rings. The molecule has 0 aliphatic carbocycles. The Bertz CT molecular complexity index is 703. The van der Waals surface area contributed by atoms with Gasteiger partial charge in [-0.2, -0.15) is 26.3 Å². The highest BCUT2D eigenvalue weighted by atomic mass is 35.5. The first-order valence-electron chi connectivity index (χ1n) is 6.23. The summed E-state index contributed by atoms with van der Waals surface area (Å²) in [5.41, 5.74) is 2.75. The molecule has 0 unspecified atom stereocenters. The molecule has 0 saturated heterocycles. The van der Waals surface area contributed by atoms with Crippen molar-refractivity contribution >= 4 is 18.2 Å². The number of hydrogen-bond donors (Lipinski definition) is 2. The van der Waals surface area contributed by atoms with Crippen LogP contribution < -0.4 is 5.73 Å². The average molecular weight is 369 g/mol. The van der Waals surface area contributed by atoms with Gasteiger partial charge in [-0.3, -0.25) is 5.41 Å². The second-order valence-corrected chi connectivity index (χ2v) is 4.79. The maximum Gasteiger partial charge on any atom is 0.416 e. The van der Waals surface area contributed by atoms with E-state index >= 15 is 0 Å². The summed E-state index contributed by atoms with van der Waals surface area (Å²) in [5.74, 6) is -0.253. The molecule has 0 heterocycles. The summed E-state index contributed by atoms with van der Waals surface area (Å²) in [5, 5.41) is 7.22. The van der Waals surface area contributed by atoms with Crippen LogP contribution in [-0.4, -0.2) is 5.84 Å². The van der Waals surface area contributed by atoms with Crippen LogP contribution in [0.15, 0.2) is 42.5 Å². The summed E-state index contributed by atoms with van der Waals surface area (Å²) in [7, 11) is 0. The average Bonchev–Trinajstić information content (AvgIpc) is 2.45. The van der Waals surface area contributed by atoms with Crippen molar-refractivity contribution < 1.29 is 26.3 Å². The van der Waals surface area contributed by atoms with Crippen LogP contribution in [0, 0.1) is 5.41 Å². The lowest BCUT2D eigenvalue weighted by Crippen LogP contribution is -2.11. The molecule has 0 aromatic heterocycles. The van der Waals surface area contributed by atoms with Gasteiger partial charge in [0.25, 0.3) is 0 Å². The molecule has 0 radical (unpaired) electrons. The van der Waals surface area contributed by atoms with E-state index in [0.29, 0.717) is 17.7 Å². The highest BCUT2D eigenvalue weighted by molar-refractivity contribution is 5.95. The summed E-state index contributed by atoms with van der Waals surface area (Å²) in [6, 6.07) is 6.71. The molecule has 0 bridgehead atoms. The van der Waals surface area contributed by atoms with E-state index in [1.165, 1.54) is 24.3 Å². The molecule has 0 aliphatic heterocycles. The number of amidine groups is 1. The molecule has 0 aliphatic rings. The lowest BCUT2D eigenvalue weighted by molar-refractivity contribution is -0.143. The van der Waals surface area contributed by atoms with Crippen molar-refractivity contribution in [1.82, 2.24) is 0 Å². The highest BCUT2D eigenvalue weighted by Crippen LogP contribution is 2.38. The van der Waals surface area contributed by atoms with E-state index in [0.717, 1.165) is 0 Å². The van der Waals surface area contributed by atoms with Crippen LogP contribution in [0.3, 0.4) is 0 Å². The number of rotatable bonds is 2. The minimum atomic E-state index is -4.89. The summed E-state index contributed by atoms with van der Waals surface area (Å²) >= 11 is 0. The standard InChI is InChI=1S/C15H10F6N2.ClH/c16-14(17,18)11-5-10(6-12(7-11)15(19,20)21)8-1-3-9(4-2-8)13(22)23;/h1-7H,(H3,22,23);1H. The van der Waals surface area contributed by atoms with E-state index < -0.39 is 23.5 Å². The summed E-state index contributed by atoms with van der Waals surface area (Å²) in [6.45, 7) is 0. The molecule has 24 heavy (non-hydrogen) atoms. The van der Waals surface area contributed by atoms with Gasteiger partial charge in [0.2, 0.25) is 0 Å². The van der Waals surface area contributed by atoms with E-state index in [2.05, 4.69) is 0 Å². The van der Waals surface area contributed by atoms with Crippen LogP contribution in [0.25, 0.3) is 11.1 Å². The molecular formula is C15H11ClF6N2. The fourth-order valence-corrected chi connectivity index (χ4v) is 1.96. The Labute approximate surface area is 139 Å². The summed E-state index contributed by atoms with van der Waals surface area (Å²) in [6.07, 6.45) is -9.79. The SMILES string of the molecule is Cl.N=C(N)c1ccc(-c2cc(C(F)(F)F)cc(C(F)(F)F)c2)cc1. The molecule has 2 rings (SSSR count). The molecule has 0 saturated carbocycles. The molecule has 0 spiro atoms. The van der Waals surface area contributed by atoms with Gasteiger partial charge in [-0.15, -0.1) is 12.4 Å². The van der Waals surface area contributed by atoms with E-state index in [1.807, 2.05) is 0 Å². The van der Waals surface area contributed by atoms with Crippen LogP contribution >= 0.6 is 12.4 Å². The van der Waals surface area contributed by atoms with Gasteiger partial charge in [-0.05, 0) is 29.3 Å². The monoisotopic (exact) mass is 368 g/mol. The van der Waals surface area contributed by atoms with E-state index in [9.17, 15) is 26.3 Å². The third kappa shape index (κ3) is 4.41. The number of nitrogen functional groups attached to an aromatic ring is 1. The maximum absolute atomic E-state index is 12.8. The van der Waals surface area contributed by atoms with Crippen molar-refractivity contribution in [3.8, 4) is 11.1 Å². The number of nitrogens with two attached hydrogens (primary N) is 1. The Morgan fingerprint density at radius 1 is 0.750 bits per heavy atom.